The number of nitrogens with two attached hydrogens (primary N) is 2. The normalized spacial score (nSPS) is 13.6. The molecule has 13 heteroatoms. The first kappa shape index (κ1) is 26.8. The van der Waals surface area contributed by atoms with Crippen molar-refractivity contribution in [2.75, 3.05) is 6.54 Å². The molecule has 0 aliphatic rings. The lowest BCUT2D eigenvalue weighted by molar-refractivity contribution is -0.139. The molecule has 0 rings (SSSR count). The van der Waals surface area contributed by atoms with Gasteiger partial charge in [0.15, 0.2) is 0 Å². The van der Waals surface area contributed by atoms with Gasteiger partial charge >= 0.3 is 11.9 Å². The van der Waals surface area contributed by atoms with E-state index in [0.717, 1.165) is 0 Å². The summed E-state index contributed by atoms with van der Waals surface area (Å²) < 4.78 is 0. The molecule has 13 nitrogen and oxygen atoms in total. The van der Waals surface area contributed by atoms with Crippen LogP contribution in [0.2, 0.25) is 0 Å². The first-order valence-electron chi connectivity index (χ1n) is 9.19. The minimum Gasteiger partial charge on any atom is -0.481 e. The molecule has 30 heavy (non-hydrogen) atoms. The fourth-order valence-corrected chi connectivity index (χ4v) is 2.40. The van der Waals surface area contributed by atoms with E-state index in [1.165, 1.54) is 0 Å². The number of aliphatic carboxylic acids is 2. The standard InChI is InChI=1S/C17H29N5O8/c1-8(2)5-9(18)15(28)21-10(3-4-13(24)25)17(30)22-11(6-12(19)23)16(29)20-7-14(26)27/h8-11H,3-7,18H2,1-2H3,(H2,19,23)(H,20,29)(H,21,28)(H,22,30)(H,24,25)(H,26,27). The van der Waals surface area contributed by atoms with Crippen molar-refractivity contribution < 1.29 is 39.0 Å². The van der Waals surface area contributed by atoms with Gasteiger partial charge in [-0.05, 0) is 18.8 Å². The Hall–Kier alpha value is -3.22. The predicted octanol–water partition coefficient (Wildman–Crippen LogP) is -2.73. The lowest BCUT2D eigenvalue weighted by Gasteiger charge is -2.23. The molecule has 0 fully saturated rings. The summed E-state index contributed by atoms with van der Waals surface area (Å²) in [6.45, 7) is 2.92. The number of carboxylic acid groups (broad SMARTS) is 2. The highest BCUT2D eigenvalue weighted by Crippen LogP contribution is 2.05. The van der Waals surface area contributed by atoms with E-state index in [0.29, 0.717) is 6.42 Å². The Kier molecular flexibility index (Phi) is 11.7. The van der Waals surface area contributed by atoms with E-state index in [-0.39, 0.29) is 12.3 Å². The number of carboxylic acids is 2. The van der Waals surface area contributed by atoms with Crippen molar-refractivity contribution >= 4 is 35.6 Å². The number of carbonyl (C=O) groups is 6. The average molecular weight is 431 g/mol. The number of hydrogen-bond acceptors (Lipinski definition) is 7. The summed E-state index contributed by atoms with van der Waals surface area (Å²) in [7, 11) is 0. The molecule has 9 N–H and O–H groups in total. The second-order valence-corrected chi connectivity index (χ2v) is 7.07. The van der Waals surface area contributed by atoms with Crippen molar-refractivity contribution in [1.29, 1.82) is 0 Å². The molecular formula is C17H29N5O8. The van der Waals surface area contributed by atoms with Crippen LogP contribution >= 0.6 is 0 Å². The Morgan fingerprint density at radius 2 is 1.43 bits per heavy atom. The molecule has 4 amide bonds. The van der Waals surface area contributed by atoms with Gasteiger partial charge in [-0.1, -0.05) is 13.8 Å². The number of nitrogens with one attached hydrogen (secondary N) is 3. The van der Waals surface area contributed by atoms with Crippen LogP contribution in [0.1, 0.15) is 39.5 Å². The monoisotopic (exact) mass is 431 g/mol. The topological polar surface area (TPSA) is 231 Å². The minimum absolute atomic E-state index is 0.0925. The third-order valence-electron chi connectivity index (χ3n) is 3.79. The zero-order chi connectivity index (χ0) is 23.4. The van der Waals surface area contributed by atoms with Gasteiger partial charge in [0, 0.05) is 6.42 Å². The molecule has 3 atom stereocenters. The number of carbonyl (C=O) groups excluding carboxylic acids is 4. The van der Waals surface area contributed by atoms with Gasteiger partial charge < -0.3 is 37.6 Å². The van der Waals surface area contributed by atoms with Gasteiger partial charge in [0.2, 0.25) is 23.6 Å². The third-order valence-corrected chi connectivity index (χ3v) is 3.79. The van der Waals surface area contributed by atoms with Crippen LogP contribution in [0.15, 0.2) is 0 Å². The molecule has 0 aromatic carbocycles. The van der Waals surface area contributed by atoms with Gasteiger partial charge in [0.1, 0.15) is 18.6 Å². The van der Waals surface area contributed by atoms with Crippen molar-refractivity contribution in [1.82, 2.24) is 16.0 Å². The zero-order valence-corrected chi connectivity index (χ0v) is 16.8. The molecule has 0 aromatic rings. The third kappa shape index (κ3) is 11.6. The molecule has 0 saturated carbocycles. The van der Waals surface area contributed by atoms with E-state index in [2.05, 4.69) is 10.6 Å². The predicted molar refractivity (Wildman–Crippen MR) is 103 cm³/mol. The van der Waals surface area contributed by atoms with Crippen LogP contribution in [0.25, 0.3) is 0 Å². The zero-order valence-electron chi connectivity index (χ0n) is 16.8. The van der Waals surface area contributed by atoms with Gasteiger partial charge in [-0.15, -0.1) is 0 Å². The van der Waals surface area contributed by atoms with Gasteiger partial charge in [0.25, 0.3) is 0 Å². The Bertz CT molecular complexity index is 667. The highest BCUT2D eigenvalue weighted by Gasteiger charge is 2.29. The molecule has 0 saturated heterocycles. The Morgan fingerprint density at radius 1 is 0.867 bits per heavy atom. The number of hydrogen-bond donors (Lipinski definition) is 7. The highest BCUT2D eigenvalue weighted by atomic mass is 16.4. The molecule has 0 bridgehead atoms. The summed E-state index contributed by atoms with van der Waals surface area (Å²) in [6.07, 6.45) is -1.09. The summed E-state index contributed by atoms with van der Waals surface area (Å²) in [5, 5.41) is 24.0. The summed E-state index contributed by atoms with van der Waals surface area (Å²) in [6, 6.07) is -3.80. The van der Waals surface area contributed by atoms with Crippen molar-refractivity contribution in [2.45, 2.75) is 57.7 Å². The van der Waals surface area contributed by atoms with E-state index >= 15 is 0 Å². The molecule has 0 radical (unpaired) electrons. The SMILES string of the molecule is CC(C)CC(N)C(=O)NC(CCC(=O)O)C(=O)NC(CC(N)=O)C(=O)NCC(=O)O. The average Bonchev–Trinajstić information content (AvgIpc) is 2.60. The van der Waals surface area contributed by atoms with Crippen LogP contribution < -0.4 is 27.4 Å². The Labute approximate surface area is 172 Å². The van der Waals surface area contributed by atoms with Crippen LogP contribution in [0, 0.1) is 5.92 Å². The molecule has 3 unspecified atom stereocenters. The highest BCUT2D eigenvalue weighted by molar-refractivity contribution is 5.95. The van der Waals surface area contributed by atoms with E-state index < -0.39 is 73.1 Å². The molecule has 0 heterocycles. The van der Waals surface area contributed by atoms with Crippen LogP contribution in [0.5, 0.6) is 0 Å². The van der Waals surface area contributed by atoms with Crippen LogP contribution in [0.4, 0.5) is 0 Å². The summed E-state index contributed by atoms with van der Waals surface area (Å²) >= 11 is 0. The van der Waals surface area contributed by atoms with Crippen LogP contribution in [-0.2, 0) is 28.8 Å². The van der Waals surface area contributed by atoms with Crippen molar-refractivity contribution in [3.63, 3.8) is 0 Å². The molecule has 0 aliphatic heterocycles. The maximum absolute atomic E-state index is 12.6. The van der Waals surface area contributed by atoms with Gasteiger partial charge in [0.05, 0.1) is 12.5 Å². The Balaban J connectivity index is 5.32. The first-order chi connectivity index (χ1) is 13.8. The minimum atomic E-state index is -1.51. The lowest BCUT2D eigenvalue weighted by atomic mass is 10.0. The van der Waals surface area contributed by atoms with Gasteiger partial charge in [-0.3, -0.25) is 28.8 Å². The number of primary amides is 1. The molecule has 170 valence electrons. The molecule has 0 aliphatic carbocycles. The van der Waals surface area contributed by atoms with E-state index in [1.807, 2.05) is 19.2 Å². The van der Waals surface area contributed by atoms with Crippen LogP contribution in [0.3, 0.4) is 0 Å². The van der Waals surface area contributed by atoms with Crippen molar-refractivity contribution in [3.05, 3.63) is 0 Å². The fraction of sp³-hybridized carbons (Fsp3) is 0.647. The first-order valence-corrected chi connectivity index (χ1v) is 9.19. The van der Waals surface area contributed by atoms with E-state index in [9.17, 15) is 28.8 Å². The molecular weight excluding hydrogens is 402 g/mol. The maximum Gasteiger partial charge on any atom is 0.322 e. The largest absolute Gasteiger partial charge is 0.481 e. The molecule has 0 spiro atoms. The summed E-state index contributed by atoms with van der Waals surface area (Å²) in [5.41, 5.74) is 10.8. The molecule has 0 aromatic heterocycles. The lowest BCUT2D eigenvalue weighted by Crippen LogP contribution is -2.56. The van der Waals surface area contributed by atoms with Gasteiger partial charge in [-0.25, -0.2) is 0 Å². The van der Waals surface area contributed by atoms with E-state index in [4.69, 9.17) is 21.7 Å². The second kappa shape index (κ2) is 13.1. The number of amides is 4. The van der Waals surface area contributed by atoms with Crippen molar-refractivity contribution in [3.8, 4) is 0 Å². The fourth-order valence-electron chi connectivity index (χ4n) is 2.40. The summed E-state index contributed by atoms with van der Waals surface area (Å²) in [4.78, 5) is 69.5. The smallest absolute Gasteiger partial charge is 0.322 e. The van der Waals surface area contributed by atoms with Gasteiger partial charge in [-0.2, -0.15) is 0 Å². The van der Waals surface area contributed by atoms with E-state index in [1.54, 1.807) is 0 Å². The Morgan fingerprint density at radius 3 is 1.90 bits per heavy atom. The number of rotatable bonds is 14. The van der Waals surface area contributed by atoms with Crippen molar-refractivity contribution in [2.24, 2.45) is 17.4 Å². The maximum atomic E-state index is 12.6. The summed E-state index contributed by atoms with van der Waals surface area (Å²) in [5.74, 6) is -6.04. The quantitative estimate of drug-likeness (QED) is 0.151. The second-order valence-electron chi connectivity index (χ2n) is 7.07. The van der Waals surface area contributed by atoms with Crippen LogP contribution in [-0.4, -0.2) is 70.5 Å².